The highest BCUT2D eigenvalue weighted by Crippen LogP contribution is 2.38. The van der Waals surface area contributed by atoms with Crippen molar-refractivity contribution in [2.75, 3.05) is 46.4 Å². The molecule has 1 saturated heterocycles. The first-order valence-corrected chi connectivity index (χ1v) is 12.3. The fourth-order valence-electron chi connectivity index (χ4n) is 5.11. The summed E-state index contributed by atoms with van der Waals surface area (Å²) in [6.45, 7) is 5.37. The number of hydrogen-bond acceptors (Lipinski definition) is 6. The molecule has 0 bridgehead atoms. The van der Waals surface area contributed by atoms with E-state index in [1.54, 1.807) is 6.26 Å². The van der Waals surface area contributed by atoms with Crippen molar-refractivity contribution < 1.29 is 13.9 Å². The second-order valence-corrected chi connectivity index (χ2v) is 9.25. The van der Waals surface area contributed by atoms with E-state index >= 15 is 0 Å². The first-order chi connectivity index (χ1) is 17.3. The highest BCUT2D eigenvalue weighted by Gasteiger charge is 2.28. The van der Waals surface area contributed by atoms with Crippen molar-refractivity contribution in [3.63, 3.8) is 0 Å². The lowest BCUT2D eigenvalue weighted by atomic mass is 9.94. The standard InChI is InChI=1S/C28H30N4O3/c1-31-11-3-12-32(14-13-31)28(23-19-29-30-27(23)25-4-2-15-33-25)21-7-5-20(6-8-21)22-9-10-24-26(18-22)35-17-16-34-24/h2,4-10,15,18-19,28H,3,11-14,16-17H2,1H3,(H,29,30). The molecule has 0 spiro atoms. The van der Waals surface area contributed by atoms with Gasteiger partial charge >= 0.3 is 0 Å². The Morgan fingerprint density at radius 3 is 2.54 bits per heavy atom. The van der Waals surface area contributed by atoms with E-state index in [0.29, 0.717) is 13.2 Å². The highest BCUT2D eigenvalue weighted by atomic mass is 16.6. The Kier molecular flexibility index (Phi) is 6.02. The number of aromatic amines is 1. The number of benzene rings is 2. The zero-order chi connectivity index (χ0) is 23.6. The topological polar surface area (TPSA) is 66.8 Å². The molecular formula is C28H30N4O3. The summed E-state index contributed by atoms with van der Waals surface area (Å²) in [5.41, 5.74) is 5.59. The van der Waals surface area contributed by atoms with Crippen LogP contribution in [-0.2, 0) is 0 Å². The van der Waals surface area contributed by atoms with E-state index in [-0.39, 0.29) is 6.04 Å². The number of nitrogens with one attached hydrogen (secondary N) is 1. The second-order valence-electron chi connectivity index (χ2n) is 9.25. The van der Waals surface area contributed by atoms with E-state index in [1.807, 2.05) is 24.4 Å². The Morgan fingerprint density at radius 1 is 0.886 bits per heavy atom. The fraction of sp³-hybridized carbons (Fsp3) is 0.321. The minimum absolute atomic E-state index is 0.0784. The fourth-order valence-corrected chi connectivity index (χ4v) is 5.11. The van der Waals surface area contributed by atoms with Crippen LogP contribution in [0, 0.1) is 0 Å². The van der Waals surface area contributed by atoms with E-state index in [0.717, 1.165) is 72.2 Å². The zero-order valence-corrected chi connectivity index (χ0v) is 19.9. The van der Waals surface area contributed by atoms with Gasteiger partial charge in [-0.2, -0.15) is 5.10 Å². The monoisotopic (exact) mass is 470 g/mol. The molecule has 0 aliphatic carbocycles. The molecule has 2 aromatic heterocycles. The third kappa shape index (κ3) is 4.45. The summed E-state index contributed by atoms with van der Waals surface area (Å²) in [5, 5.41) is 7.60. The number of hydrogen-bond donors (Lipinski definition) is 1. The molecule has 7 heteroatoms. The van der Waals surface area contributed by atoms with E-state index in [2.05, 4.69) is 63.4 Å². The Hall–Kier alpha value is -3.55. The molecular weight excluding hydrogens is 440 g/mol. The third-order valence-electron chi connectivity index (χ3n) is 6.95. The summed E-state index contributed by atoms with van der Waals surface area (Å²) in [5.74, 6) is 2.43. The molecule has 7 nitrogen and oxygen atoms in total. The van der Waals surface area contributed by atoms with Gasteiger partial charge in [-0.05, 0) is 61.0 Å². The predicted octanol–water partition coefficient (Wildman–Crippen LogP) is 4.83. The first-order valence-electron chi connectivity index (χ1n) is 12.3. The molecule has 1 N–H and O–H groups in total. The molecule has 2 aliphatic rings. The largest absolute Gasteiger partial charge is 0.486 e. The van der Waals surface area contributed by atoms with Gasteiger partial charge in [0, 0.05) is 25.2 Å². The average molecular weight is 471 g/mol. The summed E-state index contributed by atoms with van der Waals surface area (Å²) >= 11 is 0. The Morgan fingerprint density at radius 2 is 1.71 bits per heavy atom. The van der Waals surface area contributed by atoms with Gasteiger partial charge in [-0.25, -0.2) is 0 Å². The number of ether oxygens (including phenoxy) is 2. The van der Waals surface area contributed by atoms with Gasteiger partial charge in [-0.15, -0.1) is 0 Å². The van der Waals surface area contributed by atoms with Crippen LogP contribution >= 0.6 is 0 Å². The minimum Gasteiger partial charge on any atom is -0.486 e. The highest BCUT2D eigenvalue weighted by molar-refractivity contribution is 5.68. The van der Waals surface area contributed by atoms with Crippen molar-refractivity contribution in [1.29, 1.82) is 0 Å². The lowest BCUT2D eigenvalue weighted by Gasteiger charge is -2.31. The van der Waals surface area contributed by atoms with Gasteiger partial charge in [0.05, 0.1) is 18.5 Å². The first kappa shape index (κ1) is 21.9. The third-order valence-corrected chi connectivity index (χ3v) is 6.95. The van der Waals surface area contributed by atoms with Crippen molar-refractivity contribution in [1.82, 2.24) is 20.0 Å². The summed E-state index contributed by atoms with van der Waals surface area (Å²) in [6.07, 6.45) is 4.79. The van der Waals surface area contributed by atoms with Crippen LogP contribution in [0.2, 0.25) is 0 Å². The number of furan rings is 1. The number of H-pyrrole nitrogens is 1. The Bertz CT molecular complexity index is 1270. The Balaban J connectivity index is 1.36. The molecule has 180 valence electrons. The summed E-state index contributed by atoms with van der Waals surface area (Å²) in [4.78, 5) is 4.98. The lowest BCUT2D eigenvalue weighted by molar-refractivity contribution is 0.171. The molecule has 0 radical (unpaired) electrons. The number of nitrogens with zero attached hydrogens (tertiary/aromatic N) is 3. The number of likely N-dealkylation sites (N-methyl/N-ethyl adjacent to an activating group) is 1. The molecule has 6 rings (SSSR count). The molecule has 4 heterocycles. The van der Waals surface area contributed by atoms with Crippen molar-refractivity contribution in [2.45, 2.75) is 12.5 Å². The smallest absolute Gasteiger partial charge is 0.161 e. The van der Waals surface area contributed by atoms with Gasteiger partial charge < -0.3 is 18.8 Å². The van der Waals surface area contributed by atoms with Crippen molar-refractivity contribution in [2.24, 2.45) is 0 Å². The molecule has 0 saturated carbocycles. The van der Waals surface area contributed by atoms with Crippen LogP contribution in [0.15, 0.2) is 71.5 Å². The van der Waals surface area contributed by atoms with Gasteiger partial charge in [-0.3, -0.25) is 10.00 Å². The number of aromatic nitrogens is 2. The van der Waals surface area contributed by atoms with Crippen LogP contribution in [0.25, 0.3) is 22.6 Å². The van der Waals surface area contributed by atoms with Crippen molar-refractivity contribution >= 4 is 0 Å². The van der Waals surface area contributed by atoms with Crippen molar-refractivity contribution in [3.8, 4) is 34.1 Å². The maximum absolute atomic E-state index is 5.79. The molecule has 4 aromatic rings. The zero-order valence-electron chi connectivity index (χ0n) is 19.9. The minimum atomic E-state index is 0.0784. The van der Waals surface area contributed by atoms with Crippen LogP contribution in [-0.4, -0.2) is 66.4 Å². The molecule has 1 unspecified atom stereocenters. The molecule has 1 fully saturated rings. The lowest BCUT2D eigenvalue weighted by Crippen LogP contribution is -2.33. The van der Waals surface area contributed by atoms with Gasteiger partial charge in [0.15, 0.2) is 17.3 Å². The van der Waals surface area contributed by atoms with Gasteiger partial charge in [-0.1, -0.05) is 30.3 Å². The SMILES string of the molecule is CN1CCCN(C(c2ccc(-c3ccc4c(c3)OCCO4)cc2)c2cn[nH]c2-c2ccco2)CC1. The van der Waals surface area contributed by atoms with Crippen LogP contribution < -0.4 is 9.47 Å². The van der Waals surface area contributed by atoms with Crippen LogP contribution in [0.1, 0.15) is 23.6 Å². The van der Waals surface area contributed by atoms with Gasteiger partial charge in [0.1, 0.15) is 18.9 Å². The second kappa shape index (κ2) is 9.60. The molecule has 0 amide bonds. The molecule has 35 heavy (non-hydrogen) atoms. The van der Waals surface area contributed by atoms with E-state index in [9.17, 15) is 0 Å². The summed E-state index contributed by atoms with van der Waals surface area (Å²) in [7, 11) is 2.20. The molecule has 1 atom stereocenters. The molecule has 2 aliphatic heterocycles. The summed E-state index contributed by atoms with van der Waals surface area (Å²) in [6, 6.07) is 19.0. The normalized spacial score (nSPS) is 17.7. The summed E-state index contributed by atoms with van der Waals surface area (Å²) < 4.78 is 17.2. The predicted molar refractivity (Wildman–Crippen MR) is 135 cm³/mol. The van der Waals surface area contributed by atoms with Crippen LogP contribution in [0.4, 0.5) is 0 Å². The van der Waals surface area contributed by atoms with E-state index in [4.69, 9.17) is 13.9 Å². The van der Waals surface area contributed by atoms with Crippen LogP contribution in [0.3, 0.4) is 0 Å². The number of fused-ring (bicyclic) bond motifs is 1. The van der Waals surface area contributed by atoms with E-state index < -0.39 is 0 Å². The maximum Gasteiger partial charge on any atom is 0.161 e. The maximum atomic E-state index is 5.79. The number of rotatable bonds is 5. The van der Waals surface area contributed by atoms with Gasteiger partial charge in [0.2, 0.25) is 0 Å². The quantitative estimate of drug-likeness (QED) is 0.451. The van der Waals surface area contributed by atoms with E-state index in [1.165, 1.54) is 5.56 Å². The molecule has 2 aromatic carbocycles. The van der Waals surface area contributed by atoms with Crippen molar-refractivity contribution in [3.05, 3.63) is 78.2 Å². The van der Waals surface area contributed by atoms with Crippen LogP contribution in [0.5, 0.6) is 11.5 Å². The van der Waals surface area contributed by atoms with Gasteiger partial charge in [0.25, 0.3) is 0 Å². The Labute approximate surface area is 205 Å². The average Bonchev–Trinajstić information content (AvgIpc) is 3.55.